The van der Waals surface area contributed by atoms with E-state index in [2.05, 4.69) is 20.8 Å². The van der Waals surface area contributed by atoms with E-state index < -0.39 is 0 Å². The summed E-state index contributed by atoms with van der Waals surface area (Å²) in [5.74, 6) is 2.20. The topological polar surface area (TPSA) is 44.5 Å². The van der Waals surface area contributed by atoms with Crippen molar-refractivity contribution in [2.75, 3.05) is 6.54 Å². The van der Waals surface area contributed by atoms with Gasteiger partial charge in [0.25, 0.3) is 0 Å². The van der Waals surface area contributed by atoms with E-state index in [1.165, 1.54) is 22.3 Å². The maximum atomic E-state index is 6.02. The molecule has 3 heteroatoms. The Morgan fingerprint density at radius 2 is 1.67 bits per heavy atom. The molecule has 2 aliphatic heterocycles. The molecule has 2 atom stereocenters. The van der Waals surface area contributed by atoms with Crippen LogP contribution >= 0.6 is 0 Å². The summed E-state index contributed by atoms with van der Waals surface area (Å²) in [6.07, 6.45) is 3.40. The SMILES string of the molecule is Cc1c2c(c(CCN)c3c1OC(C)C3)OC(C)C2. The summed E-state index contributed by atoms with van der Waals surface area (Å²) in [5, 5.41) is 0. The van der Waals surface area contributed by atoms with Crippen molar-refractivity contribution in [3.05, 3.63) is 22.3 Å². The van der Waals surface area contributed by atoms with Crippen LogP contribution in [-0.2, 0) is 19.3 Å². The minimum Gasteiger partial charge on any atom is -0.490 e. The first-order chi connectivity index (χ1) is 8.61. The van der Waals surface area contributed by atoms with E-state index in [4.69, 9.17) is 15.2 Å². The second-order valence-corrected chi connectivity index (χ2v) is 5.52. The molecule has 2 N–H and O–H groups in total. The standard InChI is InChI=1S/C15H21NO2/c1-8-6-12-10(3)14-13(7-9(2)17-14)11(4-5-16)15(12)18-8/h8-9H,4-7,16H2,1-3H3. The van der Waals surface area contributed by atoms with Crippen molar-refractivity contribution in [1.29, 1.82) is 0 Å². The van der Waals surface area contributed by atoms with E-state index in [0.29, 0.717) is 6.54 Å². The Balaban J connectivity index is 2.19. The average molecular weight is 247 g/mol. The van der Waals surface area contributed by atoms with E-state index in [1.807, 2.05) is 0 Å². The van der Waals surface area contributed by atoms with Gasteiger partial charge in [0.15, 0.2) is 0 Å². The molecule has 0 fully saturated rings. The summed E-state index contributed by atoms with van der Waals surface area (Å²) in [5.41, 5.74) is 11.0. The van der Waals surface area contributed by atoms with Crippen LogP contribution in [0.1, 0.15) is 36.1 Å². The van der Waals surface area contributed by atoms with Gasteiger partial charge in [-0.1, -0.05) is 0 Å². The third-order valence-electron chi connectivity index (χ3n) is 4.00. The van der Waals surface area contributed by atoms with Crippen molar-refractivity contribution in [1.82, 2.24) is 0 Å². The molecule has 2 unspecified atom stereocenters. The van der Waals surface area contributed by atoms with E-state index >= 15 is 0 Å². The number of ether oxygens (including phenoxy) is 2. The lowest BCUT2D eigenvalue weighted by Crippen LogP contribution is -2.10. The van der Waals surface area contributed by atoms with Gasteiger partial charge in [-0.15, -0.1) is 0 Å². The highest BCUT2D eigenvalue weighted by Gasteiger charge is 2.33. The van der Waals surface area contributed by atoms with Gasteiger partial charge in [0.2, 0.25) is 0 Å². The number of hydrogen-bond donors (Lipinski definition) is 1. The van der Waals surface area contributed by atoms with Gasteiger partial charge in [0.1, 0.15) is 23.7 Å². The smallest absolute Gasteiger partial charge is 0.127 e. The van der Waals surface area contributed by atoms with Crippen molar-refractivity contribution >= 4 is 0 Å². The second-order valence-electron chi connectivity index (χ2n) is 5.52. The predicted molar refractivity (Wildman–Crippen MR) is 71.5 cm³/mol. The predicted octanol–water partition coefficient (Wildman–Crippen LogP) is 2.14. The Bertz CT molecular complexity index is 457. The minimum absolute atomic E-state index is 0.273. The molecule has 1 aromatic carbocycles. The van der Waals surface area contributed by atoms with Crippen LogP contribution in [0.25, 0.3) is 0 Å². The van der Waals surface area contributed by atoms with Crippen LogP contribution < -0.4 is 15.2 Å². The van der Waals surface area contributed by atoms with Crippen LogP contribution in [0.3, 0.4) is 0 Å². The minimum atomic E-state index is 0.273. The van der Waals surface area contributed by atoms with Crippen molar-refractivity contribution in [3.63, 3.8) is 0 Å². The fraction of sp³-hybridized carbons (Fsp3) is 0.600. The van der Waals surface area contributed by atoms with Crippen LogP contribution in [0.5, 0.6) is 11.5 Å². The zero-order valence-electron chi connectivity index (χ0n) is 11.4. The van der Waals surface area contributed by atoms with Gasteiger partial charge in [0, 0.05) is 29.5 Å². The highest BCUT2D eigenvalue weighted by Crippen LogP contribution is 2.46. The Labute approximate surface area is 108 Å². The average Bonchev–Trinajstić information content (AvgIpc) is 2.88. The van der Waals surface area contributed by atoms with Crippen LogP contribution in [0.4, 0.5) is 0 Å². The first kappa shape index (κ1) is 11.8. The van der Waals surface area contributed by atoms with Gasteiger partial charge in [-0.25, -0.2) is 0 Å². The van der Waals surface area contributed by atoms with Crippen LogP contribution in [-0.4, -0.2) is 18.8 Å². The van der Waals surface area contributed by atoms with Gasteiger partial charge in [0.05, 0.1) is 0 Å². The Morgan fingerprint density at radius 1 is 1.06 bits per heavy atom. The number of nitrogens with two attached hydrogens (primary N) is 1. The molecule has 2 heterocycles. The molecule has 98 valence electrons. The lowest BCUT2D eigenvalue weighted by atomic mass is 9.92. The second kappa shape index (κ2) is 4.16. The molecule has 0 aliphatic carbocycles. The van der Waals surface area contributed by atoms with Crippen LogP contribution in [0.15, 0.2) is 0 Å². The Morgan fingerprint density at radius 3 is 2.33 bits per heavy atom. The fourth-order valence-electron chi connectivity index (χ4n) is 3.22. The number of hydrogen-bond acceptors (Lipinski definition) is 3. The molecule has 3 rings (SSSR count). The third kappa shape index (κ3) is 1.61. The highest BCUT2D eigenvalue weighted by molar-refractivity contribution is 5.62. The Hall–Kier alpha value is -1.22. The zero-order valence-corrected chi connectivity index (χ0v) is 11.4. The summed E-state index contributed by atoms with van der Waals surface area (Å²) in [6, 6.07) is 0. The zero-order chi connectivity index (χ0) is 12.9. The molecule has 0 radical (unpaired) electrons. The molecular formula is C15H21NO2. The molecule has 0 bridgehead atoms. The molecule has 0 amide bonds. The molecule has 18 heavy (non-hydrogen) atoms. The first-order valence-electron chi connectivity index (χ1n) is 6.82. The van der Waals surface area contributed by atoms with Crippen molar-refractivity contribution < 1.29 is 9.47 Å². The van der Waals surface area contributed by atoms with E-state index in [0.717, 1.165) is 30.8 Å². The first-order valence-corrected chi connectivity index (χ1v) is 6.82. The third-order valence-corrected chi connectivity index (χ3v) is 4.00. The molecule has 2 aliphatic rings. The lowest BCUT2D eigenvalue weighted by molar-refractivity contribution is 0.251. The molecule has 1 aromatic rings. The van der Waals surface area contributed by atoms with E-state index in [-0.39, 0.29) is 12.2 Å². The van der Waals surface area contributed by atoms with E-state index in [1.54, 1.807) is 0 Å². The molecule has 0 saturated carbocycles. The van der Waals surface area contributed by atoms with Gasteiger partial charge in [-0.2, -0.15) is 0 Å². The molecule has 0 saturated heterocycles. The number of rotatable bonds is 2. The fourth-order valence-corrected chi connectivity index (χ4v) is 3.22. The van der Waals surface area contributed by atoms with Crippen LogP contribution in [0.2, 0.25) is 0 Å². The number of fused-ring (bicyclic) bond motifs is 2. The summed E-state index contributed by atoms with van der Waals surface area (Å²) in [4.78, 5) is 0. The largest absolute Gasteiger partial charge is 0.490 e. The summed E-state index contributed by atoms with van der Waals surface area (Å²) >= 11 is 0. The van der Waals surface area contributed by atoms with Crippen molar-refractivity contribution in [2.45, 2.75) is 52.2 Å². The summed E-state index contributed by atoms with van der Waals surface area (Å²) in [6.45, 7) is 7.07. The van der Waals surface area contributed by atoms with Gasteiger partial charge >= 0.3 is 0 Å². The monoisotopic (exact) mass is 247 g/mol. The number of benzene rings is 1. The van der Waals surface area contributed by atoms with Gasteiger partial charge in [-0.3, -0.25) is 0 Å². The molecule has 3 nitrogen and oxygen atoms in total. The molecule has 0 spiro atoms. The quantitative estimate of drug-likeness (QED) is 0.871. The van der Waals surface area contributed by atoms with Crippen LogP contribution in [0, 0.1) is 6.92 Å². The maximum Gasteiger partial charge on any atom is 0.127 e. The summed E-state index contributed by atoms with van der Waals surface area (Å²) in [7, 11) is 0. The molecule has 0 aromatic heterocycles. The van der Waals surface area contributed by atoms with E-state index in [9.17, 15) is 0 Å². The maximum absolute atomic E-state index is 6.02. The molecular weight excluding hydrogens is 226 g/mol. The highest BCUT2D eigenvalue weighted by atomic mass is 16.5. The Kier molecular flexibility index (Phi) is 2.74. The van der Waals surface area contributed by atoms with Gasteiger partial charge < -0.3 is 15.2 Å². The van der Waals surface area contributed by atoms with Crippen molar-refractivity contribution in [3.8, 4) is 11.5 Å². The summed E-state index contributed by atoms with van der Waals surface area (Å²) < 4.78 is 12.0. The van der Waals surface area contributed by atoms with Gasteiger partial charge in [-0.05, 0) is 39.3 Å². The van der Waals surface area contributed by atoms with Crippen molar-refractivity contribution in [2.24, 2.45) is 5.73 Å². The normalized spacial score (nSPS) is 24.4. The lowest BCUT2D eigenvalue weighted by Gasteiger charge is -2.15.